The second-order valence-electron chi connectivity index (χ2n) is 2.97. The molecule has 4 N–H and O–H groups in total. The van der Waals surface area contributed by atoms with E-state index in [0.717, 1.165) is 17.1 Å². The summed E-state index contributed by atoms with van der Waals surface area (Å²) in [6.07, 6.45) is -2.88. The largest absolute Gasteiger partial charge is 0.490 e. The van der Waals surface area contributed by atoms with E-state index in [4.69, 9.17) is 15.7 Å². The van der Waals surface area contributed by atoms with Gasteiger partial charge < -0.3 is 5.11 Å². The maximum absolute atomic E-state index is 10.8. The van der Waals surface area contributed by atoms with Crippen LogP contribution in [0.2, 0.25) is 0 Å². The smallest absolute Gasteiger partial charge is 0.475 e. The van der Waals surface area contributed by atoms with E-state index in [-0.39, 0.29) is 6.54 Å². The number of aliphatic carboxylic acids is 1. The summed E-state index contributed by atoms with van der Waals surface area (Å²) in [5, 5.41) is 7.12. The van der Waals surface area contributed by atoms with Crippen LogP contribution in [0, 0.1) is 0 Å². The first-order valence-corrected chi connectivity index (χ1v) is 4.42. The molecule has 0 saturated carbocycles. The Labute approximate surface area is 103 Å². The van der Waals surface area contributed by atoms with Gasteiger partial charge in [0.05, 0.1) is 0 Å². The van der Waals surface area contributed by atoms with Crippen LogP contribution < -0.4 is 11.3 Å². The number of halogens is 3. The maximum atomic E-state index is 10.8. The van der Waals surface area contributed by atoms with Gasteiger partial charge in [0, 0.05) is 12.2 Å². The normalized spacial score (nSPS) is 14.0. The number of carbonyl (C=O) groups excluding carboxylic acids is 3. The fourth-order valence-corrected chi connectivity index (χ4v) is 0.776. The van der Waals surface area contributed by atoms with E-state index in [9.17, 15) is 27.6 Å². The van der Waals surface area contributed by atoms with Crippen molar-refractivity contribution in [1.82, 2.24) is 10.3 Å². The molecule has 0 bridgehead atoms. The summed E-state index contributed by atoms with van der Waals surface area (Å²) >= 11 is 0. The quantitative estimate of drug-likeness (QED) is 0.245. The molecule has 0 spiro atoms. The number of hydrogen-bond donors (Lipinski definition) is 3. The van der Waals surface area contributed by atoms with Gasteiger partial charge in [0.25, 0.3) is 17.7 Å². The molecule has 0 saturated heterocycles. The van der Waals surface area contributed by atoms with Crippen LogP contribution in [0.1, 0.15) is 0 Å². The van der Waals surface area contributed by atoms with Gasteiger partial charge in [0.15, 0.2) is 0 Å². The highest BCUT2D eigenvalue weighted by Crippen LogP contribution is 2.13. The molecule has 0 aromatic carbocycles. The molecule has 1 aliphatic heterocycles. The average molecular weight is 283 g/mol. The summed E-state index contributed by atoms with van der Waals surface area (Å²) < 4.78 is 31.7. The van der Waals surface area contributed by atoms with Gasteiger partial charge in [-0.05, 0) is 0 Å². The van der Waals surface area contributed by atoms with Crippen molar-refractivity contribution in [1.29, 1.82) is 0 Å². The van der Waals surface area contributed by atoms with Crippen LogP contribution in [0.5, 0.6) is 0 Å². The van der Waals surface area contributed by atoms with E-state index in [1.165, 1.54) is 0 Å². The molecule has 0 radical (unpaired) electrons. The van der Waals surface area contributed by atoms with Crippen molar-refractivity contribution >= 4 is 23.7 Å². The lowest BCUT2D eigenvalue weighted by atomic mass is 10.5. The summed E-state index contributed by atoms with van der Waals surface area (Å²) in [4.78, 5) is 42.0. The minimum atomic E-state index is -5.08. The summed E-state index contributed by atoms with van der Waals surface area (Å²) in [5.74, 6) is 0.439. The molecule has 8 nitrogen and oxygen atoms in total. The number of hydrogen-bond acceptors (Lipinski definition) is 5. The zero-order chi connectivity index (χ0) is 15.2. The number of hydrazine groups is 1. The Morgan fingerprint density at radius 3 is 1.89 bits per heavy atom. The zero-order valence-electron chi connectivity index (χ0n) is 9.10. The zero-order valence-corrected chi connectivity index (χ0v) is 9.10. The molecule has 106 valence electrons. The van der Waals surface area contributed by atoms with Crippen LogP contribution in [0.15, 0.2) is 12.2 Å². The van der Waals surface area contributed by atoms with Crippen LogP contribution in [-0.2, 0) is 19.2 Å². The number of nitrogens with one attached hydrogen (secondary N) is 1. The summed E-state index contributed by atoms with van der Waals surface area (Å²) in [6.45, 7) is -0.332. The third kappa shape index (κ3) is 5.63. The third-order valence-corrected chi connectivity index (χ3v) is 1.61. The molecule has 0 aromatic heterocycles. The Hall–Kier alpha value is -2.43. The summed E-state index contributed by atoms with van der Waals surface area (Å²) in [5.41, 5.74) is 1.82. The number of carboxylic acids is 1. The molecule has 0 aliphatic carbocycles. The van der Waals surface area contributed by atoms with Crippen molar-refractivity contribution in [2.24, 2.45) is 5.84 Å². The van der Waals surface area contributed by atoms with Crippen molar-refractivity contribution in [3.05, 3.63) is 12.2 Å². The Balaban J connectivity index is 0.000000399. The molecule has 0 unspecified atom stereocenters. The molecule has 0 atom stereocenters. The Kier molecular flexibility index (Phi) is 5.66. The van der Waals surface area contributed by atoms with Gasteiger partial charge >= 0.3 is 12.1 Å². The first kappa shape index (κ1) is 16.6. The lowest BCUT2D eigenvalue weighted by Crippen LogP contribution is -2.42. The van der Waals surface area contributed by atoms with Gasteiger partial charge in [-0.2, -0.15) is 13.2 Å². The predicted octanol–water partition coefficient (Wildman–Crippen LogP) is -1.47. The average Bonchev–Trinajstić information content (AvgIpc) is 2.60. The van der Waals surface area contributed by atoms with Gasteiger partial charge in [-0.25, -0.2) is 10.6 Å². The molecule has 3 amide bonds. The topological polar surface area (TPSA) is 130 Å². The first-order chi connectivity index (χ1) is 8.59. The molecular formula is C8H8F3N3O5. The molecule has 0 aromatic rings. The van der Waals surface area contributed by atoms with Crippen LogP contribution in [0.25, 0.3) is 0 Å². The molecule has 19 heavy (non-hydrogen) atoms. The van der Waals surface area contributed by atoms with Crippen molar-refractivity contribution in [2.75, 3.05) is 6.54 Å². The third-order valence-electron chi connectivity index (χ3n) is 1.61. The van der Waals surface area contributed by atoms with Crippen molar-refractivity contribution in [3.8, 4) is 0 Å². The van der Waals surface area contributed by atoms with E-state index in [1.807, 2.05) is 5.43 Å². The Bertz CT molecular complexity index is 414. The fraction of sp³-hybridized carbons (Fsp3) is 0.250. The van der Waals surface area contributed by atoms with Gasteiger partial charge in [-0.15, -0.1) is 0 Å². The van der Waals surface area contributed by atoms with Crippen molar-refractivity contribution in [3.63, 3.8) is 0 Å². The second-order valence-corrected chi connectivity index (χ2v) is 2.97. The Morgan fingerprint density at radius 2 is 1.63 bits per heavy atom. The highest BCUT2D eigenvalue weighted by molar-refractivity contribution is 6.14. The Morgan fingerprint density at radius 1 is 1.26 bits per heavy atom. The monoisotopic (exact) mass is 283 g/mol. The van der Waals surface area contributed by atoms with E-state index in [0.29, 0.717) is 0 Å². The number of rotatable bonds is 2. The molecule has 0 fully saturated rings. The molecule has 11 heteroatoms. The number of alkyl halides is 3. The maximum Gasteiger partial charge on any atom is 0.490 e. The number of imide groups is 1. The minimum absolute atomic E-state index is 0.332. The highest BCUT2D eigenvalue weighted by Gasteiger charge is 2.38. The molecule has 1 aliphatic rings. The van der Waals surface area contributed by atoms with Crippen LogP contribution in [-0.4, -0.2) is 46.4 Å². The SMILES string of the molecule is NNC(=O)CN1C(=O)C=CC1=O.O=C(O)C(F)(F)F. The number of carbonyl (C=O) groups is 4. The second kappa shape index (κ2) is 6.49. The standard InChI is InChI=1S/C6H7N3O3.C2HF3O2/c7-8-4(10)3-9-5(11)1-2-6(9)12;3-2(4,5)1(6)7/h1-2H,3,7H2,(H,8,10);(H,6,7). The van der Waals surface area contributed by atoms with Crippen LogP contribution >= 0.6 is 0 Å². The van der Waals surface area contributed by atoms with E-state index in [1.54, 1.807) is 0 Å². The highest BCUT2D eigenvalue weighted by atomic mass is 19.4. The molecule has 1 heterocycles. The number of amides is 3. The number of nitrogens with two attached hydrogens (primary N) is 1. The van der Waals surface area contributed by atoms with Crippen molar-refractivity contribution in [2.45, 2.75) is 6.18 Å². The van der Waals surface area contributed by atoms with Gasteiger partial charge in [-0.3, -0.25) is 24.7 Å². The fourth-order valence-electron chi connectivity index (χ4n) is 0.776. The predicted molar refractivity (Wildman–Crippen MR) is 51.9 cm³/mol. The van der Waals surface area contributed by atoms with E-state index >= 15 is 0 Å². The number of carboxylic acid groups (broad SMARTS) is 1. The number of nitrogens with zero attached hydrogens (tertiary/aromatic N) is 1. The van der Waals surface area contributed by atoms with Gasteiger partial charge in [-0.1, -0.05) is 0 Å². The molecule has 1 rings (SSSR count). The van der Waals surface area contributed by atoms with E-state index in [2.05, 4.69) is 0 Å². The first-order valence-electron chi connectivity index (χ1n) is 4.42. The minimum Gasteiger partial charge on any atom is -0.475 e. The van der Waals surface area contributed by atoms with E-state index < -0.39 is 29.9 Å². The van der Waals surface area contributed by atoms with Crippen LogP contribution in [0.3, 0.4) is 0 Å². The lowest BCUT2D eigenvalue weighted by molar-refractivity contribution is -0.192. The molecular weight excluding hydrogens is 275 g/mol. The van der Waals surface area contributed by atoms with Crippen molar-refractivity contribution < 1.29 is 37.5 Å². The van der Waals surface area contributed by atoms with Gasteiger partial charge in [0.1, 0.15) is 6.54 Å². The summed E-state index contributed by atoms with van der Waals surface area (Å²) in [6, 6.07) is 0. The summed E-state index contributed by atoms with van der Waals surface area (Å²) in [7, 11) is 0. The van der Waals surface area contributed by atoms with Crippen LogP contribution in [0.4, 0.5) is 13.2 Å². The lowest BCUT2D eigenvalue weighted by Gasteiger charge is -2.11. The van der Waals surface area contributed by atoms with Gasteiger partial charge in [0.2, 0.25) is 0 Å².